The van der Waals surface area contributed by atoms with E-state index in [2.05, 4.69) is 52.2 Å². The Kier molecular flexibility index (Phi) is 15.7. The summed E-state index contributed by atoms with van der Waals surface area (Å²) in [4.78, 5) is 55.7. The lowest BCUT2D eigenvalue weighted by Crippen LogP contribution is -2.71. The van der Waals surface area contributed by atoms with Crippen LogP contribution in [0.5, 0.6) is 17.2 Å². The third-order valence-corrected chi connectivity index (χ3v) is 14.5. The van der Waals surface area contributed by atoms with Gasteiger partial charge in [-0.1, -0.05) is 108 Å². The third kappa shape index (κ3) is 10.4. The van der Waals surface area contributed by atoms with Crippen molar-refractivity contribution in [2.24, 2.45) is 5.16 Å². The largest absolute Gasteiger partial charge is 0.497 e. The number of hydrogen-bond acceptors (Lipinski definition) is 15. The highest BCUT2D eigenvalue weighted by Crippen LogP contribution is 2.44. The van der Waals surface area contributed by atoms with Crippen molar-refractivity contribution < 1.29 is 42.9 Å². The van der Waals surface area contributed by atoms with E-state index in [0.29, 0.717) is 51.0 Å². The van der Waals surface area contributed by atoms with Gasteiger partial charge in [-0.2, -0.15) is 0 Å². The zero-order valence-corrected chi connectivity index (χ0v) is 40.2. The first-order valence-electron chi connectivity index (χ1n) is 21.5. The minimum atomic E-state index is -1.01. The molecule has 17 heteroatoms. The predicted molar refractivity (Wildman–Crippen MR) is 265 cm³/mol. The van der Waals surface area contributed by atoms with E-state index >= 15 is 0 Å². The van der Waals surface area contributed by atoms with Gasteiger partial charge in [0.25, 0.3) is 11.8 Å². The van der Waals surface area contributed by atoms with E-state index in [1.165, 1.54) is 46.9 Å². The Labute approximate surface area is 407 Å². The normalized spacial score (nSPS) is 15.7. The number of nitrogens with one attached hydrogen (secondary N) is 2. The van der Waals surface area contributed by atoms with Crippen molar-refractivity contribution in [3.05, 3.63) is 183 Å². The van der Waals surface area contributed by atoms with Crippen LogP contribution < -0.4 is 24.8 Å². The van der Waals surface area contributed by atoms with Gasteiger partial charge in [-0.05, 0) is 46.5 Å². The second-order valence-corrected chi connectivity index (χ2v) is 18.5. The SMILES string of the molecule is COCCSC1=C(C(=O)OCc2ccc(OC)cc2)N2C(=O)[C@@H](NC(=O)/C(=N\OCc3ccc(OC)cc3OC)c3csc(NC(c4ccccc4)(c4ccccc4)c4ccccc4)n3)[C@H]2SC1. The molecule has 8 rings (SSSR count). The molecule has 2 aliphatic rings. The third-order valence-electron chi connectivity index (χ3n) is 11.3. The summed E-state index contributed by atoms with van der Waals surface area (Å²) in [5, 5.41) is 12.7. The number of anilines is 1. The summed E-state index contributed by atoms with van der Waals surface area (Å²) in [6, 6.07) is 41.7. The molecule has 68 heavy (non-hydrogen) atoms. The number of nitrogens with zero attached hydrogens (tertiary/aromatic N) is 3. The van der Waals surface area contributed by atoms with E-state index in [4.69, 9.17) is 33.5 Å². The summed E-state index contributed by atoms with van der Waals surface area (Å²) in [6.45, 7) is 0.361. The number of benzene rings is 5. The molecule has 6 aromatic rings. The van der Waals surface area contributed by atoms with Gasteiger partial charge in [-0.15, -0.1) is 34.9 Å². The molecule has 0 saturated carbocycles. The van der Waals surface area contributed by atoms with Crippen LogP contribution in [0.25, 0.3) is 0 Å². The van der Waals surface area contributed by atoms with Crippen LogP contribution in [0, 0.1) is 0 Å². The second-order valence-electron chi connectivity index (χ2n) is 15.3. The second kappa shape index (κ2) is 22.3. The van der Waals surface area contributed by atoms with Crippen molar-refractivity contribution in [2.75, 3.05) is 51.9 Å². The molecule has 2 atom stereocenters. The number of aromatic nitrogens is 1. The van der Waals surface area contributed by atoms with Gasteiger partial charge in [0, 0.05) is 40.5 Å². The Balaban J connectivity index is 1.09. The Bertz CT molecular complexity index is 2660. The van der Waals surface area contributed by atoms with Crippen LogP contribution in [0.15, 0.2) is 155 Å². The number of β-lactam (4-membered cyclic amide) rings is 1. The zero-order valence-electron chi connectivity index (χ0n) is 37.7. The number of carbonyl (C=O) groups excluding carboxylic acids is 3. The molecule has 0 bridgehead atoms. The lowest BCUT2D eigenvalue weighted by Gasteiger charge is -2.49. The fourth-order valence-corrected chi connectivity index (χ4v) is 11.1. The van der Waals surface area contributed by atoms with Crippen molar-refractivity contribution >= 4 is 63.5 Å². The van der Waals surface area contributed by atoms with Gasteiger partial charge in [0.2, 0.25) is 0 Å². The van der Waals surface area contributed by atoms with Gasteiger partial charge in [-0.25, -0.2) is 9.78 Å². The Hall–Kier alpha value is -6.79. The van der Waals surface area contributed by atoms with Gasteiger partial charge in [-0.3, -0.25) is 14.5 Å². The van der Waals surface area contributed by atoms with Crippen molar-refractivity contribution in [1.29, 1.82) is 0 Å². The summed E-state index contributed by atoms with van der Waals surface area (Å²) in [5.41, 5.74) is 3.60. The molecule has 350 valence electrons. The number of oxime groups is 1. The monoisotopic (exact) mass is 971 g/mol. The van der Waals surface area contributed by atoms with Crippen LogP contribution in [-0.4, -0.2) is 91.3 Å². The number of rotatable bonds is 21. The molecule has 14 nitrogen and oxygen atoms in total. The number of thioether (sulfide) groups is 2. The van der Waals surface area contributed by atoms with Crippen LogP contribution in [0.3, 0.4) is 0 Å². The topological polar surface area (TPSA) is 159 Å². The zero-order chi connectivity index (χ0) is 47.5. The van der Waals surface area contributed by atoms with E-state index in [1.807, 2.05) is 54.6 Å². The van der Waals surface area contributed by atoms with Gasteiger partial charge >= 0.3 is 5.97 Å². The first kappa shape index (κ1) is 47.7. The Morgan fingerprint density at radius 1 is 0.809 bits per heavy atom. The number of hydrogen-bond donors (Lipinski definition) is 2. The van der Waals surface area contributed by atoms with Crippen molar-refractivity contribution in [3.63, 3.8) is 0 Å². The van der Waals surface area contributed by atoms with E-state index < -0.39 is 34.7 Å². The van der Waals surface area contributed by atoms with Crippen LogP contribution >= 0.6 is 34.9 Å². The minimum Gasteiger partial charge on any atom is -0.497 e. The number of ether oxygens (including phenoxy) is 5. The first-order chi connectivity index (χ1) is 33.3. The minimum absolute atomic E-state index is 0.0156. The fraction of sp³-hybridized carbons (Fsp3) is 0.235. The van der Waals surface area contributed by atoms with Crippen LogP contribution in [0.2, 0.25) is 0 Å². The first-order valence-corrected chi connectivity index (χ1v) is 24.4. The van der Waals surface area contributed by atoms with Crippen LogP contribution in [0.1, 0.15) is 33.5 Å². The van der Waals surface area contributed by atoms with Crippen LogP contribution in [-0.2, 0) is 47.4 Å². The highest BCUT2D eigenvalue weighted by molar-refractivity contribution is 8.06. The summed E-state index contributed by atoms with van der Waals surface area (Å²) in [5.74, 6) is 0.922. The number of fused-ring (bicyclic) bond motifs is 1. The highest BCUT2D eigenvalue weighted by Gasteiger charge is 2.55. The fourth-order valence-electron chi connectivity index (χ4n) is 7.81. The molecule has 1 fully saturated rings. The quantitative estimate of drug-likeness (QED) is 0.0178. The standard InChI is InChI=1S/C51H49N5O9S3/c1-60-26-27-66-42-32-67-48-44(47(58)56(48)45(42)49(59)64-29-33-20-23-38(61-2)24-21-33)53-46(57)43(55-65-30-34-22-25-39(62-3)28-41(34)63-4)40-31-68-50(52-40)54-51(35-14-8-5-9-15-35,36-16-10-6-11-17-36)37-18-12-7-13-19-37/h5-25,28,31,44,48H,26-27,29-30,32H2,1-4H3,(H,52,54)(H,53,57)/b55-43-/t44-,48-/m1/s1. The lowest BCUT2D eigenvalue weighted by molar-refractivity contribution is -0.153. The smallest absolute Gasteiger partial charge is 0.356 e. The van der Waals surface area contributed by atoms with Gasteiger partial charge in [0.1, 0.15) is 58.8 Å². The molecule has 2 amide bonds. The summed E-state index contributed by atoms with van der Waals surface area (Å²) in [6.07, 6.45) is 0. The molecule has 2 aliphatic heterocycles. The molecule has 0 unspecified atom stereocenters. The van der Waals surface area contributed by atoms with E-state index in [0.717, 1.165) is 22.3 Å². The van der Waals surface area contributed by atoms with E-state index in [-0.39, 0.29) is 30.3 Å². The summed E-state index contributed by atoms with van der Waals surface area (Å²) < 4.78 is 27.3. The molecule has 2 N–H and O–H groups in total. The van der Waals surface area contributed by atoms with Crippen LogP contribution in [0.4, 0.5) is 5.13 Å². The molecule has 1 aromatic heterocycles. The number of amides is 2. The van der Waals surface area contributed by atoms with E-state index in [1.54, 1.807) is 69.2 Å². The molecule has 3 heterocycles. The van der Waals surface area contributed by atoms with Crippen molar-refractivity contribution in [2.45, 2.75) is 30.2 Å². The molecule has 0 aliphatic carbocycles. The van der Waals surface area contributed by atoms with Crippen molar-refractivity contribution in [3.8, 4) is 17.2 Å². The molecule has 0 spiro atoms. The van der Waals surface area contributed by atoms with Crippen molar-refractivity contribution in [1.82, 2.24) is 15.2 Å². The van der Waals surface area contributed by atoms with Gasteiger partial charge in [0.05, 0.1) is 27.9 Å². The maximum absolute atomic E-state index is 14.6. The Morgan fingerprint density at radius 2 is 1.44 bits per heavy atom. The van der Waals surface area contributed by atoms with Gasteiger partial charge < -0.3 is 39.2 Å². The maximum Gasteiger partial charge on any atom is 0.356 e. The number of carbonyl (C=O) groups is 3. The van der Waals surface area contributed by atoms with E-state index in [9.17, 15) is 14.4 Å². The summed E-state index contributed by atoms with van der Waals surface area (Å²) >= 11 is 4.16. The molecule has 0 radical (unpaired) electrons. The Morgan fingerprint density at radius 3 is 2.04 bits per heavy atom. The maximum atomic E-state index is 14.6. The number of esters is 1. The summed E-state index contributed by atoms with van der Waals surface area (Å²) in [7, 11) is 6.28. The molecular formula is C51H49N5O9S3. The molecule has 5 aromatic carbocycles. The average molecular weight is 972 g/mol. The number of thiazole rings is 1. The van der Waals surface area contributed by atoms with Gasteiger partial charge in [0.15, 0.2) is 10.8 Å². The number of methoxy groups -OCH3 is 4. The molecule has 1 saturated heterocycles. The lowest BCUT2D eigenvalue weighted by atomic mass is 9.77. The predicted octanol–water partition coefficient (Wildman–Crippen LogP) is 8.23. The molecular weight excluding hydrogens is 923 g/mol. The highest BCUT2D eigenvalue weighted by atomic mass is 32.2. The average Bonchev–Trinajstić information content (AvgIpc) is 3.86.